The van der Waals surface area contributed by atoms with Crippen LogP contribution in [-0.4, -0.2) is 37.0 Å². The van der Waals surface area contributed by atoms with Crippen LogP contribution >= 0.6 is 12.4 Å². The Hall–Kier alpha value is -1.27. The van der Waals surface area contributed by atoms with Gasteiger partial charge in [-0.05, 0) is 55.3 Å². The number of halogens is 4. The third-order valence-corrected chi connectivity index (χ3v) is 5.65. The van der Waals surface area contributed by atoms with Crippen molar-refractivity contribution in [2.45, 2.75) is 38.3 Å². The summed E-state index contributed by atoms with van der Waals surface area (Å²) in [6.45, 7) is 5.17. The molecule has 0 saturated carbocycles. The van der Waals surface area contributed by atoms with Crippen molar-refractivity contribution in [3.05, 3.63) is 35.4 Å². The van der Waals surface area contributed by atoms with E-state index in [1.807, 2.05) is 4.90 Å². The zero-order chi connectivity index (χ0) is 18.0. The second kappa shape index (κ2) is 8.61. The molecule has 1 aromatic carbocycles. The molecule has 0 spiro atoms. The molecule has 1 amide bonds. The minimum absolute atomic E-state index is 0. The number of alkyl halides is 3. The SMILES string of the molecule is CC(CC(=O)N1CC[C@@H]2CNC[C@@H]2CC1)c1ccccc1C(F)(F)F.Cl. The van der Waals surface area contributed by atoms with E-state index in [9.17, 15) is 18.0 Å². The quantitative estimate of drug-likeness (QED) is 0.843. The Kier molecular flexibility index (Phi) is 6.97. The Labute approximate surface area is 158 Å². The van der Waals surface area contributed by atoms with E-state index in [0.29, 0.717) is 11.8 Å². The molecule has 2 aliphatic heterocycles. The summed E-state index contributed by atoms with van der Waals surface area (Å²) in [4.78, 5) is 14.5. The van der Waals surface area contributed by atoms with E-state index in [1.54, 1.807) is 13.0 Å². The normalized spacial score (nSPS) is 24.4. The van der Waals surface area contributed by atoms with Gasteiger partial charge in [-0.25, -0.2) is 0 Å². The van der Waals surface area contributed by atoms with E-state index < -0.39 is 17.7 Å². The fourth-order valence-electron chi connectivity index (χ4n) is 4.15. The first kappa shape index (κ1) is 21.0. The van der Waals surface area contributed by atoms with Gasteiger partial charge in [0.15, 0.2) is 0 Å². The average Bonchev–Trinajstić information content (AvgIpc) is 2.92. The standard InChI is InChI=1S/C19H25F3N2O.ClH/c1-13(16-4-2-3-5-17(16)19(20,21)22)10-18(25)24-8-6-14-11-23-12-15(14)7-9-24;/h2-5,13-15,23H,6-12H2,1H3;1H/t13?,14-,15+;. The van der Waals surface area contributed by atoms with Crippen LogP contribution in [-0.2, 0) is 11.0 Å². The highest BCUT2D eigenvalue weighted by atomic mass is 35.5. The van der Waals surface area contributed by atoms with Gasteiger partial charge in [0, 0.05) is 19.5 Å². The lowest BCUT2D eigenvalue weighted by atomic mass is 9.92. The zero-order valence-electron chi connectivity index (χ0n) is 14.9. The largest absolute Gasteiger partial charge is 0.416 e. The summed E-state index contributed by atoms with van der Waals surface area (Å²) in [6.07, 6.45) is -2.30. The third kappa shape index (κ3) is 4.71. The molecule has 2 aliphatic rings. The summed E-state index contributed by atoms with van der Waals surface area (Å²) in [7, 11) is 0. The number of nitrogens with zero attached hydrogens (tertiary/aromatic N) is 1. The van der Waals surface area contributed by atoms with E-state index in [4.69, 9.17) is 0 Å². The number of carbonyl (C=O) groups excluding carboxylic acids is 1. The number of amides is 1. The van der Waals surface area contributed by atoms with Crippen LogP contribution in [0.4, 0.5) is 13.2 Å². The van der Waals surface area contributed by atoms with Gasteiger partial charge in [0.1, 0.15) is 0 Å². The van der Waals surface area contributed by atoms with Crippen LogP contribution in [0.2, 0.25) is 0 Å². The molecule has 0 bridgehead atoms. The van der Waals surface area contributed by atoms with Gasteiger partial charge >= 0.3 is 6.18 Å². The highest BCUT2D eigenvalue weighted by Gasteiger charge is 2.35. The molecule has 2 fully saturated rings. The van der Waals surface area contributed by atoms with E-state index in [1.165, 1.54) is 12.1 Å². The molecular weight excluding hydrogens is 365 g/mol. The maximum absolute atomic E-state index is 13.2. The van der Waals surface area contributed by atoms with Crippen molar-refractivity contribution in [1.82, 2.24) is 10.2 Å². The minimum atomic E-state index is -4.39. The van der Waals surface area contributed by atoms with Crippen LogP contribution < -0.4 is 5.32 Å². The maximum Gasteiger partial charge on any atom is 0.416 e. The molecule has 0 radical (unpaired) electrons. The number of likely N-dealkylation sites (tertiary alicyclic amines) is 1. The van der Waals surface area contributed by atoms with Crippen molar-refractivity contribution in [2.24, 2.45) is 11.8 Å². The summed E-state index contributed by atoms with van der Waals surface area (Å²) in [5.74, 6) is 0.773. The van der Waals surface area contributed by atoms with Gasteiger partial charge in [-0.1, -0.05) is 25.1 Å². The predicted molar refractivity (Wildman–Crippen MR) is 97.4 cm³/mol. The van der Waals surface area contributed by atoms with E-state index in [2.05, 4.69) is 5.32 Å². The first-order chi connectivity index (χ1) is 11.9. The Balaban J connectivity index is 0.00000243. The molecule has 0 aromatic heterocycles. The predicted octanol–water partition coefficient (Wildman–Crippen LogP) is 4.08. The van der Waals surface area contributed by atoms with Gasteiger partial charge in [0.25, 0.3) is 0 Å². The molecular formula is C19H26ClF3N2O. The molecule has 1 unspecified atom stereocenters. The molecule has 1 N–H and O–H groups in total. The van der Waals surface area contributed by atoms with Gasteiger partial charge in [-0.2, -0.15) is 13.2 Å². The zero-order valence-corrected chi connectivity index (χ0v) is 15.7. The highest BCUT2D eigenvalue weighted by molar-refractivity contribution is 5.85. The lowest BCUT2D eigenvalue weighted by Crippen LogP contribution is -2.33. The van der Waals surface area contributed by atoms with E-state index in [-0.39, 0.29) is 30.3 Å². The molecule has 2 saturated heterocycles. The van der Waals surface area contributed by atoms with Gasteiger partial charge in [0.05, 0.1) is 5.56 Å². The smallest absolute Gasteiger partial charge is 0.343 e. The number of hydrogen-bond donors (Lipinski definition) is 1. The summed E-state index contributed by atoms with van der Waals surface area (Å²) in [6, 6.07) is 5.57. The van der Waals surface area contributed by atoms with Gasteiger partial charge < -0.3 is 10.2 Å². The highest BCUT2D eigenvalue weighted by Crippen LogP contribution is 2.36. The van der Waals surface area contributed by atoms with Gasteiger partial charge in [-0.3, -0.25) is 4.79 Å². The molecule has 3 rings (SSSR count). The minimum Gasteiger partial charge on any atom is -0.343 e. The Morgan fingerprint density at radius 1 is 1.19 bits per heavy atom. The number of fused-ring (bicyclic) bond motifs is 1. The summed E-state index contributed by atoms with van der Waals surface area (Å²) in [5.41, 5.74) is -0.425. The topological polar surface area (TPSA) is 32.3 Å². The molecule has 7 heteroatoms. The molecule has 26 heavy (non-hydrogen) atoms. The van der Waals surface area contributed by atoms with Crippen LogP contribution in [0.5, 0.6) is 0 Å². The Bertz CT molecular complexity index is 609. The second-order valence-electron chi connectivity index (χ2n) is 7.33. The van der Waals surface area contributed by atoms with Crippen molar-refractivity contribution in [3.63, 3.8) is 0 Å². The first-order valence-corrected chi connectivity index (χ1v) is 9.01. The molecule has 1 aromatic rings. The maximum atomic E-state index is 13.2. The van der Waals surface area contributed by atoms with Gasteiger partial charge in [-0.15, -0.1) is 12.4 Å². The summed E-state index contributed by atoms with van der Waals surface area (Å²) >= 11 is 0. The first-order valence-electron chi connectivity index (χ1n) is 9.01. The third-order valence-electron chi connectivity index (χ3n) is 5.65. The fraction of sp³-hybridized carbons (Fsp3) is 0.632. The van der Waals surface area contributed by atoms with Crippen LogP contribution in [0, 0.1) is 11.8 Å². The monoisotopic (exact) mass is 390 g/mol. The van der Waals surface area contributed by atoms with Crippen molar-refractivity contribution in [2.75, 3.05) is 26.2 Å². The van der Waals surface area contributed by atoms with Crippen molar-refractivity contribution >= 4 is 18.3 Å². The number of benzene rings is 1. The van der Waals surface area contributed by atoms with Crippen molar-refractivity contribution in [3.8, 4) is 0 Å². The average molecular weight is 391 g/mol. The summed E-state index contributed by atoms with van der Waals surface area (Å²) < 4.78 is 39.6. The summed E-state index contributed by atoms with van der Waals surface area (Å²) in [5, 5.41) is 3.40. The number of nitrogens with one attached hydrogen (secondary N) is 1. The molecule has 3 atom stereocenters. The molecule has 146 valence electrons. The van der Waals surface area contributed by atoms with Crippen LogP contribution in [0.25, 0.3) is 0 Å². The molecule has 3 nitrogen and oxygen atoms in total. The van der Waals surface area contributed by atoms with E-state index in [0.717, 1.165) is 45.1 Å². The fourth-order valence-corrected chi connectivity index (χ4v) is 4.15. The lowest BCUT2D eigenvalue weighted by molar-refractivity contribution is -0.139. The Morgan fingerprint density at radius 3 is 2.35 bits per heavy atom. The van der Waals surface area contributed by atoms with Crippen molar-refractivity contribution < 1.29 is 18.0 Å². The van der Waals surface area contributed by atoms with Gasteiger partial charge in [0.2, 0.25) is 5.91 Å². The second-order valence-corrected chi connectivity index (χ2v) is 7.33. The molecule has 0 aliphatic carbocycles. The van der Waals surface area contributed by atoms with Crippen LogP contribution in [0.15, 0.2) is 24.3 Å². The Morgan fingerprint density at radius 2 is 1.77 bits per heavy atom. The number of carbonyl (C=O) groups is 1. The molecule has 2 heterocycles. The lowest BCUT2D eigenvalue weighted by Gasteiger charge is -2.24. The van der Waals surface area contributed by atoms with E-state index >= 15 is 0 Å². The van der Waals surface area contributed by atoms with Crippen LogP contribution in [0.3, 0.4) is 0 Å². The number of hydrogen-bond acceptors (Lipinski definition) is 2. The number of rotatable bonds is 3. The van der Waals surface area contributed by atoms with Crippen molar-refractivity contribution in [1.29, 1.82) is 0 Å². The van der Waals surface area contributed by atoms with Crippen LogP contribution in [0.1, 0.15) is 43.2 Å².